The van der Waals surface area contributed by atoms with Gasteiger partial charge in [0.1, 0.15) is 0 Å². The molecule has 6 unspecified atom stereocenters. The number of allylic oxidation sites excluding steroid dienone is 2. The van der Waals surface area contributed by atoms with E-state index in [1.54, 1.807) is 43.3 Å². The molecule has 214 valence electrons. The summed E-state index contributed by atoms with van der Waals surface area (Å²) in [5, 5.41) is 11.7. The van der Waals surface area contributed by atoms with E-state index in [1.807, 2.05) is 13.0 Å². The Morgan fingerprint density at radius 3 is 2.46 bits per heavy atom. The van der Waals surface area contributed by atoms with Crippen LogP contribution in [0, 0.1) is 24.7 Å². The number of anilines is 1. The summed E-state index contributed by atoms with van der Waals surface area (Å²) in [6.45, 7) is 3.87. The van der Waals surface area contributed by atoms with Gasteiger partial charge in [-0.05, 0) is 56.4 Å². The maximum Gasteiger partial charge on any atom is 0.253 e. The van der Waals surface area contributed by atoms with Crippen LogP contribution in [0.1, 0.15) is 36.8 Å². The topological polar surface area (TPSA) is 104 Å². The highest BCUT2D eigenvalue weighted by molar-refractivity contribution is 6.53. The molecule has 11 heteroatoms. The zero-order chi connectivity index (χ0) is 29.6. The predicted molar refractivity (Wildman–Crippen MR) is 153 cm³/mol. The molecule has 2 heterocycles. The molecular formula is C30H27Cl3N2O6. The van der Waals surface area contributed by atoms with Gasteiger partial charge in [0.05, 0.1) is 24.1 Å². The Kier molecular flexibility index (Phi) is 6.49. The fourth-order valence-electron chi connectivity index (χ4n) is 7.11. The lowest BCUT2D eigenvalue weighted by Crippen LogP contribution is -2.60. The summed E-state index contributed by atoms with van der Waals surface area (Å²) in [5.41, 5.74) is 2.00. The number of aryl methyl sites for hydroxylation is 1. The van der Waals surface area contributed by atoms with Crippen LogP contribution in [0.4, 0.5) is 5.69 Å². The smallest absolute Gasteiger partial charge is 0.253 e. The number of imide groups is 2. The molecule has 2 saturated heterocycles. The number of phenols is 1. The van der Waals surface area contributed by atoms with Gasteiger partial charge in [-0.2, -0.15) is 0 Å². The van der Waals surface area contributed by atoms with E-state index in [0.717, 1.165) is 15.4 Å². The van der Waals surface area contributed by atoms with E-state index in [2.05, 4.69) is 0 Å². The Morgan fingerprint density at radius 2 is 1.78 bits per heavy atom. The molecule has 2 aliphatic heterocycles. The number of aromatic hydroxyl groups is 1. The maximum absolute atomic E-state index is 14.1. The van der Waals surface area contributed by atoms with Crippen molar-refractivity contribution in [3.8, 4) is 11.5 Å². The summed E-state index contributed by atoms with van der Waals surface area (Å²) >= 11 is 20.7. The first kappa shape index (κ1) is 28.1. The molecule has 6 rings (SSSR count). The summed E-state index contributed by atoms with van der Waals surface area (Å²) in [6.07, 6.45) is 1.89. The number of amides is 4. The summed E-state index contributed by atoms with van der Waals surface area (Å²) in [5.74, 6) is -5.58. The van der Waals surface area contributed by atoms with E-state index in [-0.39, 0.29) is 42.4 Å². The van der Waals surface area contributed by atoms with Gasteiger partial charge in [0.2, 0.25) is 11.8 Å². The normalized spacial score (nSPS) is 32.6. The molecule has 41 heavy (non-hydrogen) atoms. The number of hydrogen-bond acceptors (Lipinski definition) is 6. The largest absolute Gasteiger partial charge is 0.504 e. The number of rotatable bonds is 4. The van der Waals surface area contributed by atoms with E-state index in [9.17, 15) is 24.3 Å². The average Bonchev–Trinajstić information content (AvgIpc) is 3.27. The minimum atomic E-state index is -1.99. The lowest BCUT2D eigenvalue weighted by atomic mass is 9.56. The number of likely N-dealkylation sites (tertiary alicyclic amines) is 1. The van der Waals surface area contributed by atoms with Crippen molar-refractivity contribution in [1.29, 1.82) is 0 Å². The van der Waals surface area contributed by atoms with Crippen LogP contribution < -0.4 is 9.64 Å². The van der Waals surface area contributed by atoms with Crippen LogP contribution in [0.2, 0.25) is 5.02 Å². The molecule has 2 aromatic carbocycles. The lowest BCUT2D eigenvalue weighted by Gasteiger charge is -2.50. The number of carbonyl (C=O) groups excluding carboxylic acids is 4. The van der Waals surface area contributed by atoms with Gasteiger partial charge in [-0.3, -0.25) is 24.1 Å². The number of phenolic OH excluding ortho intramolecular Hbond substituents is 1. The van der Waals surface area contributed by atoms with Crippen LogP contribution in [-0.2, 0) is 19.2 Å². The van der Waals surface area contributed by atoms with Crippen molar-refractivity contribution in [3.63, 3.8) is 0 Å². The predicted octanol–water partition coefficient (Wildman–Crippen LogP) is 4.95. The zero-order valence-corrected chi connectivity index (χ0v) is 24.8. The number of nitrogens with zero attached hydrogens (tertiary/aromatic N) is 2. The third-order valence-corrected chi connectivity index (χ3v) is 10.9. The number of halogens is 3. The van der Waals surface area contributed by atoms with Crippen LogP contribution in [-0.4, -0.2) is 57.0 Å². The van der Waals surface area contributed by atoms with Gasteiger partial charge in [0.25, 0.3) is 11.8 Å². The Morgan fingerprint density at radius 1 is 1.05 bits per heavy atom. The zero-order valence-electron chi connectivity index (χ0n) is 22.5. The highest BCUT2D eigenvalue weighted by Crippen LogP contribution is 2.66. The molecule has 4 aliphatic rings. The minimum Gasteiger partial charge on any atom is -0.504 e. The molecule has 2 aromatic rings. The van der Waals surface area contributed by atoms with Crippen molar-refractivity contribution in [2.75, 3.05) is 18.6 Å². The third-order valence-electron chi connectivity index (χ3n) is 9.07. The number of carbonyl (C=O) groups is 4. The Balaban J connectivity index is 1.52. The minimum absolute atomic E-state index is 0.135. The van der Waals surface area contributed by atoms with Crippen LogP contribution in [0.3, 0.4) is 0 Å². The fraction of sp³-hybridized carbons (Fsp3) is 0.400. The van der Waals surface area contributed by atoms with Crippen LogP contribution in [0.5, 0.6) is 11.5 Å². The summed E-state index contributed by atoms with van der Waals surface area (Å²) in [6, 6.07) is 9.84. The lowest BCUT2D eigenvalue weighted by molar-refractivity contribution is -0.138. The van der Waals surface area contributed by atoms with E-state index in [4.69, 9.17) is 39.5 Å². The number of para-hydroxylation sites is 1. The summed E-state index contributed by atoms with van der Waals surface area (Å²) in [7, 11) is 1.32. The van der Waals surface area contributed by atoms with Crippen molar-refractivity contribution in [2.45, 2.75) is 42.4 Å². The second-order valence-electron chi connectivity index (χ2n) is 11.1. The Hall–Kier alpha value is -3.07. The third kappa shape index (κ3) is 3.60. The van der Waals surface area contributed by atoms with Crippen molar-refractivity contribution in [1.82, 2.24) is 4.90 Å². The van der Waals surface area contributed by atoms with Gasteiger partial charge in [-0.15, -0.1) is 23.2 Å². The molecular weight excluding hydrogens is 591 g/mol. The Bertz CT molecular complexity index is 1580. The van der Waals surface area contributed by atoms with Gasteiger partial charge < -0.3 is 9.84 Å². The van der Waals surface area contributed by atoms with Crippen LogP contribution >= 0.6 is 34.8 Å². The molecule has 2 aliphatic carbocycles. The van der Waals surface area contributed by atoms with Crippen molar-refractivity contribution >= 4 is 64.1 Å². The fourth-order valence-corrected chi connectivity index (χ4v) is 8.30. The van der Waals surface area contributed by atoms with Crippen molar-refractivity contribution < 1.29 is 29.0 Å². The first-order chi connectivity index (χ1) is 19.4. The van der Waals surface area contributed by atoms with E-state index < -0.39 is 51.1 Å². The van der Waals surface area contributed by atoms with E-state index in [0.29, 0.717) is 16.3 Å². The maximum atomic E-state index is 14.1. The quantitative estimate of drug-likeness (QED) is 0.296. The number of benzene rings is 2. The molecule has 0 radical (unpaired) electrons. The van der Waals surface area contributed by atoms with Crippen LogP contribution in [0.15, 0.2) is 48.0 Å². The van der Waals surface area contributed by atoms with Gasteiger partial charge in [-0.1, -0.05) is 41.4 Å². The monoisotopic (exact) mass is 616 g/mol. The SMILES string of the molecule is CCOc1cccc(C2C3=CCC4C(=O)N(c5ccc(C)c(Cl)c5)C(=O)C4C3CC3(Cl)C(=O)N(C)C(=O)C23Cl)c1O. The molecule has 6 atom stereocenters. The second-order valence-corrected chi connectivity index (χ2v) is 12.7. The molecule has 0 spiro atoms. The van der Waals surface area contributed by atoms with Gasteiger partial charge in [0, 0.05) is 23.6 Å². The molecule has 0 aromatic heterocycles. The van der Waals surface area contributed by atoms with E-state index in [1.165, 1.54) is 7.05 Å². The highest BCUT2D eigenvalue weighted by atomic mass is 35.5. The molecule has 4 amide bonds. The molecule has 3 fully saturated rings. The number of alkyl halides is 2. The van der Waals surface area contributed by atoms with Crippen LogP contribution in [0.25, 0.3) is 0 Å². The van der Waals surface area contributed by atoms with Gasteiger partial charge in [0.15, 0.2) is 21.2 Å². The average molecular weight is 618 g/mol. The molecule has 1 saturated carbocycles. The van der Waals surface area contributed by atoms with Gasteiger partial charge in [-0.25, -0.2) is 4.90 Å². The molecule has 0 bridgehead atoms. The van der Waals surface area contributed by atoms with Gasteiger partial charge >= 0.3 is 0 Å². The summed E-state index contributed by atoms with van der Waals surface area (Å²) < 4.78 is 5.60. The Labute approximate surface area is 251 Å². The van der Waals surface area contributed by atoms with Crippen molar-refractivity contribution in [2.24, 2.45) is 17.8 Å². The first-order valence-corrected chi connectivity index (χ1v) is 14.5. The molecule has 1 N–H and O–H groups in total. The standard InChI is InChI=1S/C30H27Cl3N2O6/c1-4-41-21-7-5-6-18(24(21)36)23-16-10-11-17-22(19(16)13-29(32)27(39)34(3)28(40)30(23,29)33)26(38)35(25(17)37)15-9-8-14(2)20(31)12-15/h5-10,12,17,19,22-23,36H,4,11,13H2,1-3H3. The number of ether oxygens (including phenoxy) is 1. The number of fused-ring (bicyclic) bond motifs is 4. The number of hydrogen-bond donors (Lipinski definition) is 1. The second kappa shape index (κ2) is 9.48. The van der Waals surface area contributed by atoms with Crippen molar-refractivity contribution in [3.05, 3.63) is 64.2 Å². The summed E-state index contributed by atoms with van der Waals surface area (Å²) in [4.78, 5) is 53.2. The first-order valence-electron chi connectivity index (χ1n) is 13.4. The highest BCUT2D eigenvalue weighted by Gasteiger charge is 2.76. The van der Waals surface area contributed by atoms with E-state index >= 15 is 0 Å². The molecule has 8 nitrogen and oxygen atoms in total.